The average molecular weight is 285 g/mol. The van der Waals surface area contributed by atoms with Gasteiger partial charge >= 0.3 is 5.97 Å². The van der Waals surface area contributed by atoms with E-state index in [0.29, 0.717) is 18.9 Å². The van der Waals surface area contributed by atoms with E-state index in [1.54, 1.807) is 0 Å². The van der Waals surface area contributed by atoms with Gasteiger partial charge in [-0.1, -0.05) is 0 Å². The summed E-state index contributed by atoms with van der Waals surface area (Å²) in [4.78, 5) is 10.9. The molecule has 1 N–H and O–H groups in total. The Morgan fingerprint density at radius 2 is 2.26 bits per heavy atom. The lowest BCUT2D eigenvalue weighted by atomic mass is 9.71. The maximum Gasteiger partial charge on any atom is 0.303 e. The molecule has 1 aromatic rings. The number of hydrogen-bond acceptors (Lipinski definition) is 4. The smallest absolute Gasteiger partial charge is 0.303 e. The molecule has 2 bridgehead atoms. The minimum atomic E-state index is -3.56. The van der Waals surface area contributed by atoms with Gasteiger partial charge in [-0.3, -0.25) is 4.79 Å². The molecule has 0 amide bonds. The van der Waals surface area contributed by atoms with E-state index in [0.717, 1.165) is 12.8 Å². The molecule has 0 atom stereocenters. The number of carboxylic acid groups (broad SMARTS) is 1. The number of hydrogen-bond donors (Lipinski definition) is 1. The molecule has 0 radical (unpaired) electrons. The normalized spacial score (nSPS) is 30.2. The standard InChI is InChI=1S/C12H15NO5S/c14-11(15)1-3-12-5-9(6-12)7-13(12)19(16,17)10-2-4-18-8-10/h2,4,8-9H,1,3,5-7H2,(H,14,15). The Kier molecular flexibility index (Phi) is 2.72. The second kappa shape index (κ2) is 4.08. The van der Waals surface area contributed by atoms with Crippen molar-refractivity contribution in [3.05, 3.63) is 18.6 Å². The lowest BCUT2D eigenvalue weighted by Crippen LogP contribution is -2.48. The van der Waals surface area contributed by atoms with Gasteiger partial charge in [0, 0.05) is 18.5 Å². The maximum absolute atomic E-state index is 12.5. The van der Waals surface area contributed by atoms with E-state index >= 15 is 0 Å². The van der Waals surface area contributed by atoms with Crippen LogP contribution in [0.5, 0.6) is 0 Å². The summed E-state index contributed by atoms with van der Waals surface area (Å²) in [6.07, 6.45) is 4.49. The number of carbonyl (C=O) groups is 1. The van der Waals surface area contributed by atoms with Gasteiger partial charge in [-0.25, -0.2) is 8.42 Å². The van der Waals surface area contributed by atoms with Crippen molar-refractivity contribution >= 4 is 16.0 Å². The molecule has 19 heavy (non-hydrogen) atoms. The third-order valence-corrected chi connectivity index (χ3v) is 6.12. The fourth-order valence-corrected chi connectivity index (χ4v) is 5.14. The highest BCUT2D eigenvalue weighted by molar-refractivity contribution is 7.89. The largest absolute Gasteiger partial charge is 0.481 e. The van der Waals surface area contributed by atoms with Crippen molar-refractivity contribution in [2.24, 2.45) is 5.92 Å². The zero-order chi connectivity index (χ0) is 13.7. The second-order valence-corrected chi connectivity index (χ2v) is 7.25. The number of furan rings is 1. The molecule has 4 rings (SSSR count). The highest BCUT2D eigenvalue weighted by Gasteiger charge is 2.59. The van der Waals surface area contributed by atoms with Crippen LogP contribution in [0, 0.1) is 5.92 Å². The summed E-state index contributed by atoms with van der Waals surface area (Å²) in [6.45, 7) is 0.493. The minimum absolute atomic E-state index is 0.00409. The molecule has 2 aliphatic heterocycles. The first-order valence-electron chi connectivity index (χ1n) is 6.21. The van der Waals surface area contributed by atoms with Crippen molar-refractivity contribution in [2.75, 3.05) is 6.54 Å². The monoisotopic (exact) mass is 285 g/mol. The quantitative estimate of drug-likeness (QED) is 0.881. The number of rotatable bonds is 5. The zero-order valence-electron chi connectivity index (χ0n) is 10.3. The lowest BCUT2D eigenvalue weighted by molar-refractivity contribution is -0.137. The van der Waals surface area contributed by atoms with Crippen LogP contribution in [0.2, 0.25) is 0 Å². The van der Waals surface area contributed by atoms with Crippen LogP contribution in [0.1, 0.15) is 25.7 Å². The van der Waals surface area contributed by atoms with E-state index in [-0.39, 0.29) is 11.3 Å². The zero-order valence-corrected chi connectivity index (χ0v) is 11.1. The Morgan fingerprint density at radius 1 is 1.53 bits per heavy atom. The van der Waals surface area contributed by atoms with Crippen LogP contribution < -0.4 is 0 Å². The Bertz CT molecular complexity index is 586. The number of carboxylic acids is 1. The van der Waals surface area contributed by atoms with Crippen molar-refractivity contribution in [1.82, 2.24) is 4.31 Å². The summed E-state index contributed by atoms with van der Waals surface area (Å²) >= 11 is 0. The van der Waals surface area contributed by atoms with Crippen LogP contribution in [0.15, 0.2) is 27.9 Å². The van der Waals surface area contributed by atoms with Gasteiger partial charge in [0.05, 0.1) is 6.26 Å². The van der Waals surface area contributed by atoms with Crippen LogP contribution in [-0.4, -0.2) is 35.9 Å². The van der Waals surface area contributed by atoms with E-state index in [1.165, 1.54) is 22.9 Å². The predicted molar refractivity (Wildman–Crippen MR) is 64.9 cm³/mol. The molecule has 0 spiro atoms. The Labute approximate surface area is 111 Å². The van der Waals surface area contributed by atoms with E-state index in [4.69, 9.17) is 9.52 Å². The number of aliphatic carboxylic acids is 1. The molecule has 1 aliphatic carbocycles. The summed E-state index contributed by atoms with van der Waals surface area (Å²) in [5.41, 5.74) is -0.487. The Hall–Kier alpha value is -1.34. The molecule has 3 aliphatic rings. The van der Waals surface area contributed by atoms with Crippen LogP contribution in [0.3, 0.4) is 0 Å². The summed E-state index contributed by atoms with van der Waals surface area (Å²) in [6, 6.07) is 1.43. The molecule has 2 saturated heterocycles. The first-order valence-corrected chi connectivity index (χ1v) is 7.65. The summed E-state index contributed by atoms with van der Waals surface area (Å²) in [5.74, 6) is -0.513. The van der Waals surface area contributed by atoms with Gasteiger partial charge in [-0.05, 0) is 31.2 Å². The molecule has 104 valence electrons. The molecule has 1 aromatic heterocycles. The molecular weight excluding hydrogens is 270 g/mol. The molecular formula is C12H15NO5S. The summed E-state index contributed by atoms with van der Waals surface area (Å²) in [5, 5.41) is 8.80. The van der Waals surface area contributed by atoms with Crippen LogP contribution in [0.4, 0.5) is 0 Å². The third-order valence-electron chi connectivity index (χ3n) is 4.18. The number of sulfonamides is 1. The summed E-state index contributed by atoms with van der Waals surface area (Å²) in [7, 11) is -3.56. The molecule has 7 heteroatoms. The minimum Gasteiger partial charge on any atom is -0.481 e. The average Bonchev–Trinajstić information content (AvgIpc) is 3.00. The predicted octanol–water partition coefficient (Wildman–Crippen LogP) is 1.30. The van der Waals surface area contributed by atoms with E-state index in [1.807, 2.05) is 0 Å². The fraction of sp³-hybridized carbons (Fsp3) is 0.583. The summed E-state index contributed by atoms with van der Waals surface area (Å²) < 4.78 is 31.3. The topological polar surface area (TPSA) is 87.8 Å². The van der Waals surface area contributed by atoms with Crippen LogP contribution in [0.25, 0.3) is 0 Å². The van der Waals surface area contributed by atoms with Crippen molar-refractivity contribution in [3.63, 3.8) is 0 Å². The fourth-order valence-electron chi connectivity index (χ4n) is 3.32. The first kappa shape index (κ1) is 12.7. The van der Waals surface area contributed by atoms with Gasteiger partial charge in [0.1, 0.15) is 11.2 Å². The van der Waals surface area contributed by atoms with Crippen molar-refractivity contribution in [2.45, 2.75) is 36.1 Å². The van der Waals surface area contributed by atoms with Crippen molar-refractivity contribution in [3.8, 4) is 0 Å². The van der Waals surface area contributed by atoms with Gasteiger partial charge in [0.15, 0.2) is 0 Å². The maximum atomic E-state index is 12.5. The number of nitrogens with zero attached hydrogens (tertiary/aromatic N) is 1. The number of fused-ring (bicyclic) bond motifs is 1. The third kappa shape index (κ3) is 1.88. The molecule has 3 heterocycles. The molecule has 0 aromatic carbocycles. The molecule has 3 fully saturated rings. The van der Waals surface area contributed by atoms with Crippen LogP contribution >= 0.6 is 0 Å². The second-order valence-electron chi connectivity index (χ2n) is 5.39. The molecule has 6 nitrogen and oxygen atoms in total. The van der Waals surface area contributed by atoms with E-state index in [9.17, 15) is 13.2 Å². The highest BCUT2D eigenvalue weighted by Crippen LogP contribution is 2.55. The van der Waals surface area contributed by atoms with E-state index in [2.05, 4.69) is 0 Å². The Morgan fingerprint density at radius 3 is 2.84 bits per heavy atom. The van der Waals surface area contributed by atoms with Gasteiger partial charge in [0.2, 0.25) is 10.0 Å². The van der Waals surface area contributed by atoms with Gasteiger partial charge in [-0.15, -0.1) is 0 Å². The Balaban J connectivity index is 1.87. The van der Waals surface area contributed by atoms with Crippen molar-refractivity contribution in [1.29, 1.82) is 0 Å². The van der Waals surface area contributed by atoms with Gasteiger partial charge in [-0.2, -0.15) is 4.31 Å². The van der Waals surface area contributed by atoms with Gasteiger partial charge in [0.25, 0.3) is 0 Å². The van der Waals surface area contributed by atoms with Crippen LogP contribution in [-0.2, 0) is 14.8 Å². The molecule has 1 saturated carbocycles. The van der Waals surface area contributed by atoms with Crippen molar-refractivity contribution < 1.29 is 22.7 Å². The van der Waals surface area contributed by atoms with E-state index < -0.39 is 21.5 Å². The van der Waals surface area contributed by atoms with Gasteiger partial charge < -0.3 is 9.52 Å². The lowest BCUT2D eigenvalue weighted by Gasteiger charge is -2.41. The first-order chi connectivity index (χ1) is 8.94. The molecule has 0 unspecified atom stereocenters. The highest BCUT2D eigenvalue weighted by atomic mass is 32.2. The SMILES string of the molecule is O=C(O)CCC12CC(CN1S(=O)(=O)c1ccoc1)C2.